The third-order valence-electron chi connectivity index (χ3n) is 4.42. The number of hydrogen-bond donors (Lipinski definition) is 0. The molecule has 3 rings (SSSR count). The molecule has 0 spiro atoms. The lowest BCUT2D eigenvalue weighted by atomic mass is 9.98. The molecule has 134 valence electrons. The van der Waals surface area contributed by atoms with Crippen molar-refractivity contribution in [1.82, 2.24) is 4.98 Å². The Kier molecular flexibility index (Phi) is 6.19. The summed E-state index contributed by atoms with van der Waals surface area (Å²) in [4.78, 5) is 16.8. The first-order valence-electron chi connectivity index (χ1n) is 9.02. The Morgan fingerprint density at radius 2 is 2.04 bits per heavy atom. The van der Waals surface area contributed by atoms with E-state index < -0.39 is 0 Å². The Labute approximate surface area is 153 Å². The van der Waals surface area contributed by atoms with Gasteiger partial charge in [-0.05, 0) is 69.4 Å². The average molecular weight is 359 g/mol. The molecule has 1 saturated carbocycles. The van der Waals surface area contributed by atoms with E-state index >= 15 is 0 Å². The fourth-order valence-electron chi connectivity index (χ4n) is 3.18. The first-order valence-corrected chi connectivity index (χ1v) is 10.0. The number of benzene rings is 1. The highest BCUT2D eigenvalue weighted by Gasteiger charge is 2.18. The smallest absolute Gasteiger partial charge is 0.316 e. The van der Waals surface area contributed by atoms with E-state index in [1.54, 1.807) is 0 Å². The minimum Gasteiger partial charge on any atom is -0.494 e. The van der Waals surface area contributed by atoms with E-state index in [9.17, 15) is 4.79 Å². The van der Waals surface area contributed by atoms with Gasteiger partial charge in [0.2, 0.25) is 0 Å². The van der Waals surface area contributed by atoms with Gasteiger partial charge in [0.15, 0.2) is 0 Å². The van der Waals surface area contributed by atoms with Crippen LogP contribution < -0.4 is 4.74 Å². The lowest BCUT2D eigenvalue weighted by molar-refractivity contribution is -0.147. The largest absolute Gasteiger partial charge is 0.494 e. The second-order valence-electron chi connectivity index (χ2n) is 6.44. The van der Waals surface area contributed by atoms with E-state index in [1.807, 2.05) is 32.0 Å². The normalized spacial score (nSPS) is 15.3. The van der Waals surface area contributed by atoms with Gasteiger partial charge in [-0.1, -0.05) is 18.2 Å². The molecule has 1 aromatic heterocycles. The molecular formula is C20H25NO3S. The second kappa shape index (κ2) is 8.56. The Bertz CT molecular complexity index is 741. The van der Waals surface area contributed by atoms with Crippen LogP contribution in [-0.2, 0) is 9.53 Å². The monoisotopic (exact) mass is 359 g/mol. The minimum absolute atomic E-state index is 0.115. The van der Waals surface area contributed by atoms with Crippen molar-refractivity contribution in [3.63, 3.8) is 0 Å². The number of nitrogens with zero attached hydrogens (tertiary/aromatic N) is 1. The number of pyridine rings is 1. The van der Waals surface area contributed by atoms with E-state index in [0.717, 1.165) is 40.1 Å². The Balaban J connectivity index is 1.63. The zero-order valence-electron chi connectivity index (χ0n) is 14.9. The molecular weight excluding hydrogens is 334 g/mol. The SMILES string of the molecule is CCOc1ccc2nc(SCC(=O)OC3CCCCC3)c(C)cc2c1. The second-order valence-corrected chi connectivity index (χ2v) is 7.40. The Hall–Kier alpha value is -1.75. The summed E-state index contributed by atoms with van der Waals surface area (Å²) in [6.07, 6.45) is 5.72. The van der Waals surface area contributed by atoms with E-state index in [4.69, 9.17) is 14.5 Å². The standard InChI is InChI=1S/C20H25NO3S/c1-3-23-17-9-10-18-15(12-17)11-14(2)20(21-18)25-13-19(22)24-16-7-5-4-6-8-16/h9-12,16H,3-8,13H2,1-2H3. The van der Waals surface area contributed by atoms with E-state index in [0.29, 0.717) is 12.4 Å². The van der Waals surface area contributed by atoms with Gasteiger partial charge in [0.1, 0.15) is 16.9 Å². The molecule has 0 atom stereocenters. The average Bonchev–Trinajstić information content (AvgIpc) is 2.61. The summed E-state index contributed by atoms with van der Waals surface area (Å²) in [6, 6.07) is 7.99. The van der Waals surface area contributed by atoms with Gasteiger partial charge in [-0.25, -0.2) is 4.98 Å². The number of carbonyl (C=O) groups is 1. The number of aryl methyl sites for hydroxylation is 1. The molecule has 1 aromatic carbocycles. The maximum absolute atomic E-state index is 12.1. The van der Waals surface area contributed by atoms with Crippen LogP contribution in [0.3, 0.4) is 0 Å². The molecule has 2 aromatic rings. The molecule has 0 N–H and O–H groups in total. The summed E-state index contributed by atoms with van der Waals surface area (Å²) in [5, 5.41) is 1.94. The summed E-state index contributed by atoms with van der Waals surface area (Å²) in [5.41, 5.74) is 1.98. The van der Waals surface area contributed by atoms with Crippen molar-refractivity contribution in [2.24, 2.45) is 0 Å². The molecule has 0 radical (unpaired) electrons. The molecule has 0 bridgehead atoms. The molecule has 1 aliphatic rings. The third kappa shape index (κ3) is 4.88. The molecule has 0 amide bonds. The minimum atomic E-state index is -0.134. The molecule has 4 nitrogen and oxygen atoms in total. The lowest BCUT2D eigenvalue weighted by Crippen LogP contribution is -2.21. The number of esters is 1. The molecule has 1 aliphatic carbocycles. The zero-order chi connectivity index (χ0) is 17.6. The fourth-order valence-corrected chi connectivity index (χ4v) is 3.95. The summed E-state index contributed by atoms with van der Waals surface area (Å²) >= 11 is 1.46. The number of thioether (sulfide) groups is 1. The highest BCUT2D eigenvalue weighted by molar-refractivity contribution is 7.99. The number of rotatable bonds is 6. The zero-order valence-corrected chi connectivity index (χ0v) is 15.7. The predicted molar refractivity (Wildman–Crippen MR) is 101 cm³/mol. The number of ether oxygens (including phenoxy) is 2. The summed E-state index contributed by atoms with van der Waals surface area (Å²) in [7, 11) is 0. The maximum Gasteiger partial charge on any atom is 0.316 e. The van der Waals surface area contributed by atoms with Crippen molar-refractivity contribution in [3.8, 4) is 5.75 Å². The van der Waals surface area contributed by atoms with E-state index in [-0.39, 0.29) is 12.1 Å². The molecule has 0 saturated heterocycles. The van der Waals surface area contributed by atoms with Gasteiger partial charge < -0.3 is 9.47 Å². The van der Waals surface area contributed by atoms with Gasteiger partial charge in [-0.3, -0.25) is 4.79 Å². The van der Waals surface area contributed by atoms with Crippen molar-refractivity contribution in [3.05, 3.63) is 29.8 Å². The van der Waals surface area contributed by atoms with Crippen molar-refractivity contribution < 1.29 is 14.3 Å². The third-order valence-corrected chi connectivity index (χ3v) is 5.49. The quantitative estimate of drug-likeness (QED) is 0.542. The van der Waals surface area contributed by atoms with Crippen molar-refractivity contribution >= 4 is 28.6 Å². The van der Waals surface area contributed by atoms with Gasteiger partial charge in [-0.2, -0.15) is 0 Å². The highest BCUT2D eigenvalue weighted by atomic mass is 32.2. The van der Waals surface area contributed by atoms with Crippen LogP contribution in [0.15, 0.2) is 29.3 Å². The Morgan fingerprint density at radius 1 is 1.24 bits per heavy atom. The van der Waals surface area contributed by atoms with E-state index in [2.05, 4.69) is 6.07 Å². The van der Waals surface area contributed by atoms with Crippen LogP contribution in [0.5, 0.6) is 5.75 Å². The van der Waals surface area contributed by atoms with Crippen molar-refractivity contribution in [2.45, 2.75) is 57.1 Å². The summed E-state index contributed by atoms with van der Waals surface area (Å²) in [5.74, 6) is 1.03. The fraction of sp³-hybridized carbons (Fsp3) is 0.500. The van der Waals surface area contributed by atoms with Crippen LogP contribution in [0.2, 0.25) is 0 Å². The molecule has 1 heterocycles. The van der Waals surface area contributed by atoms with Gasteiger partial charge in [-0.15, -0.1) is 0 Å². The summed E-state index contributed by atoms with van der Waals surface area (Å²) < 4.78 is 11.1. The van der Waals surface area contributed by atoms with Gasteiger partial charge in [0.05, 0.1) is 17.9 Å². The van der Waals surface area contributed by atoms with Crippen LogP contribution in [0, 0.1) is 6.92 Å². The van der Waals surface area contributed by atoms with Crippen molar-refractivity contribution in [1.29, 1.82) is 0 Å². The first-order chi connectivity index (χ1) is 12.2. The first kappa shape index (κ1) is 18.1. The van der Waals surface area contributed by atoms with Crippen LogP contribution in [0.25, 0.3) is 10.9 Å². The Morgan fingerprint density at radius 3 is 2.80 bits per heavy atom. The van der Waals surface area contributed by atoms with Gasteiger partial charge in [0, 0.05) is 5.39 Å². The van der Waals surface area contributed by atoms with Crippen LogP contribution in [-0.4, -0.2) is 29.4 Å². The number of aromatic nitrogens is 1. The molecule has 25 heavy (non-hydrogen) atoms. The van der Waals surface area contributed by atoms with Gasteiger partial charge in [0.25, 0.3) is 0 Å². The van der Waals surface area contributed by atoms with Crippen LogP contribution >= 0.6 is 11.8 Å². The molecule has 0 unspecified atom stereocenters. The van der Waals surface area contributed by atoms with Crippen molar-refractivity contribution in [2.75, 3.05) is 12.4 Å². The molecule has 0 aliphatic heterocycles. The maximum atomic E-state index is 12.1. The number of fused-ring (bicyclic) bond motifs is 1. The predicted octanol–water partition coefficient (Wildman–Crippen LogP) is 4.91. The van der Waals surface area contributed by atoms with Crippen LogP contribution in [0.1, 0.15) is 44.6 Å². The van der Waals surface area contributed by atoms with Crippen LogP contribution in [0.4, 0.5) is 0 Å². The van der Waals surface area contributed by atoms with Gasteiger partial charge >= 0.3 is 5.97 Å². The lowest BCUT2D eigenvalue weighted by Gasteiger charge is -2.21. The molecule has 1 fully saturated rings. The number of carbonyl (C=O) groups excluding carboxylic acids is 1. The van der Waals surface area contributed by atoms with E-state index in [1.165, 1.54) is 31.0 Å². The summed E-state index contributed by atoms with van der Waals surface area (Å²) in [6.45, 7) is 4.64. The topological polar surface area (TPSA) is 48.4 Å². The molecule has 5 heteroatoms. The highest BCUT2D eigenvalue weighted by Crippen LogP contribution is 2.27. The number of hydrogen-bond acceptors (Lipinski definition) is 5.